The van der Waals surface area contributed by atoms with Gasteiger partial charge in [0, 0.05) is 23.8 Å². The Bertz CT molecular complexity index is 1090. The number of carbonyl (C=O) groups is 4. The van der Waals surface area contributed by atoms with Crippen molar-refractivity contribution in [3.8, 4) is 0 Å². The number of carboxylic acid groups (broad SMARTS) is 2. The molecule has 4 atom stereocenters. The lowest BCUT2D eigenvalue weighted by Gasteiger charge is -2.30. The first-order valence-corrected chi connectivity index (χ1v) is 13.6. The minimum absolute atomic E-state index is 0.128. The Morgan fingerprint density at radius 2 is 1.12 bits per heavy atom. The van der Waals surface area contributed by atoms with Gasteiger partial charge in [0.25, 0.3) is 0 Å². The molecule has 6 N–H and O–H groups in total. The van der Waals surface area contributed by atoms with Gasteiger partial charge in [-0.05, 0) is 49.9 Å². The Balaban J connectivity index is 0.000000230. The van der Waals surface area contributed by atoms with Gasteiger partial charge in [-0.3, -0.25) is 29.1 Å². The fourth-order valence-corrected chi connectivity index (χ4v) is 4.56. The van der Waals surface area contributed by atoms with Crippen molar-refractivity contribution in [2.24, 2.45) is 0 Å². The van der Waals surface area contributed by atoms with Crippen LogP contribution in [0.25, 0.3) is 0 Å². The van der Waals surface area contributed by atoms with Crippen LogP contribution in [-0.2, 0) is 41.3 Å². The van der Waals surface area contributed by atoms with Crippen molar-refractivity contribution < 1.29 is 48.7 Å². The maximum absolute atomic E-state index is 11.9. The van der Waals surface area contributed by atoms with E-state index in [2.05, 4.69) is 20.6 Å². The lowest BCUT2D eigenvalue weighted by atomic mass is 9.72. The van der Waals surface area contributed by atoms with Crippen molar-refractivity contribution in [3.63, 3.8) is 0 Å². The maximum Gasteiger partial charge on any atom is 0.478 e. The largest absolute Gasteiger partial charge is 0.481 e. The number of rotatable bonds is 10. The van der Waals surface area contributed by atoms with Gasteiger partial charge in [0.2, 0.25) is 11.8 Å². The van der Waals surface area contributed by atoms with E-state index in [9.17, 15) is 29.2 Å². The highest BCUT2D eigenvalue weighted by molar-refractivity contribution is 6.46. The molecule has 42 heavy (non-hydrogen) atoms. The Kier molecular flexibility index (Phi) is 12.9. The molecular weight excluding hydrogens is 550 g/mol. The third kappa shape index (κ3) is 11.6. The van der Waals surface area contributed by atoms with Crippen LogP contribution in [0, 0.1) is 0 Å². The zero-order valence-electron chi connectivity index (χ0n) is 22.9. The van der Waals surface area contributed by atoms with E-state index in [4.69, 9.17) is 19.5 Å². The van der Waals surface area contributed by atoms with Crippen molar-refractivity contribution in [1.82, 2.24) is 20.6 Å². The number of hydrogen-bond acceptors (Lipinski definition) is 10. The standard InChI is InChI=1S/2C13H17BN2O5/c2*17-12(7-9-3-1-2-6-15-9)16-11-5-4-10(8-13(18)19)21-14(11)20/h2*1-3,6,10-11,20H,4-5,7-8H2,(H,16,17)(H,18,19)/t2*10-,11-/m00/s1. The van der Waals surface area contributed by atoms with Gasteiger partial charge in [-0.1, -0.05) is 12.1 Å². The molecule has 0 unspecified atom stereocenters. The molecule has 2 amide bonds. The van der Waals surface area contributed by atoms with Crippen molar-refractivity contribution in [1.29, 1.82) is 0 Å². The van der Waals surface area contributed by atoms with Gasteiger partial charge >= 0.3 is 26.2 Å². The molecule has 2 aromatic rings. The molecule has 0 aromatic carbocycles. The zero-order valence-corrected chi connectivity index (χ0v) is 22.9. The Morgan fingerprint density at radius 1 is 0.714 bits per heavy atom. The first-order chi connectivity index (χ1) is 20.1. The van der Waals surface area contributed by atoms with Crippen LogP contribution >= 0.6 is 0 Å². The first-order valence-electron chi connectivity index (χ1n) is 13.6. The van der Waals surface area contributed by atoms with Crippen LogP contribution in [0.5, 0.6) is 0 Å². The van der Waals surface area contributed by atoms with E-state index in [1.807, 2.05) is 0 Å². The third-order valence-corrected chi connectivity index (χ3v) is 6.58. The summed E-state index contributed by atoms with van der Waals surface area (Å²) in [6.45, 7) is 0. The number of aromatic nitrogens is 2. The van der Waals surface area contributed by atoms with Gasteiger partial charge in [0.15, 0.2) is 0 Å². The first kappa shape index (κ1) is 32.7. The van der Waals surface area contributed by atoms with E-state index < -0.39 is 50.3 Å². The van der Waals surface area contributed by atoms with Crippen LogP contribution in [0.15, 0.2) is 48.8 Å². The highest BCUT2D eigenvalue weighted by Crippen LogP contribution is 2.19. The van der Waals surface area contributed by atoms with Gasteiger partial charge in [0.05, 0.1) is 49.8 Å². The normalized spacial score (nSPS) is 21.9. The lowest BCUT2D eigenvalue weighted by molar-refractivity contribution is -0.140. The van der Waals surface area contributed by atoms with Crippen LogP contribution in [0.2, 0.25) is 0 Å². The van der Waals surface area contributed by atoms with E-state index >= 15 is 0 Å². The van der Waals surface area contributed by atoms with Crippen molar-refractivity contribution >= 4 is 38.0 Å². The highest BCUT2D eigenvalue weighted by Gasteiger charge is 2.37. The van der Waals surface area contributed by atoms with Crippen molar-refractivity contribution in [2.45, 2.75) is 75.5 Å². The van der Waals surface area contributed by atoms with E-state index in [0.717, 1.165) is 0 Å². The molecule has 2 saturated heterocycles. The second kappa shape index (κ2) is 16.6. The smallest absolute Gasteiger partial charge is 0.478 e. The number of hydrogen-bond donors (Lipinski definition) is 6. The molecule has 0 bridgehead atoms. The average molecular weight is 584 g/mol. The predicted molar refractivity (Wildman–Crippen MR) is 148 cm³/mol. The summed E-state index contributed by atoms with van der Waals surface area (Å²) < 4.78 is 10.4. The van der Waals surface area contributed by atoms with Crippen LogP contribution in [-0.4, -0.2) is 92.3 Å². The molecular formula is C26H34B2N4O10. The SMILES string of the molecule is O=C(O)C[C@@H]1CC[C@H](NC(=O)Cc2ccccn2)B(O)O1.O=C(O)C[C@@H]1CC[C@H](NC(=O)Cc2ccccn2)B(O)O1. The van der Waals surface area contributed by atoms with Crippen LogP contribution in [0.1, 0.15) is 49.9 Å². The molecule has 0 aliphatic carbocycles. The quantitative estimate of drug-likeness (QED) is 0.196. The fraction of sp³-hybridized carbons (Fsp3) is 0.462. The number of pyridine rings is 2. The number of nitrogens with one attached hydrogen (secondary N) is 2. The molecule has 4 heterocycles. The summed E-state index contributed by atoms with van der Waals surface area (Å²) in [5, 5.41) is 42.4. The molecule has 2 aliphatic heterocycles. The van der Waals surface area contributed by atoms with Gasteiger partial charge < -0.3 is 40.2 Å². The van der Waals surface area contributed by atoms with Crippen molar-refractivity contribution in [3.05, 3.63) is 60.2 Å². The number of aliphatic carboxylic acids is 2. The van der Waals surface area contributed by atoms with Crippen LogP contribution in [0.4, 0.5) is 0 Å². The van der Waals surface area contributed by atoms with Crippen molar-refractivity contribution in [2.75, 3.05) is 0 Å². The molecule has 14 nitrogen and oxygen atoms in total. The minimum Gasteiger partial charge on any atom is -0.481 e. The second-order valence-corrected chi connectivity index (χ2v) is 9.99. The second-order valence-electron chi connectivity index (χ2n) is 9.99. The molecule has 224 valence electrons. The van der Waals surface area contributed by atoms with Gasteiger partial charge in [0.1, 0.15) is 0 Å². The number of nitrogens with zero attached hydrogens (tertiary/aromatic N) is 2. The summed E-state index contributed by atoms with van der Waals surface area (Å²) in [7, 11) is -2.37. The summed E-state index contributed by atoms with van der Waals surface area (Å²) >= 11 is 0. The molecule has 2 aliphatic rings. The van der Waals surface area contributed by atoms with E-state index in [0.29, 0.717) is 37.1 Å². The number of carbonyl (C=O) groups excluding carboxylic acids is 2. The Labute approximate surface area is 243 Å². The molecule has 0 radical (unpaired) electrons. The third-order valence-electron chi connectivity index (χ3n) is 6.58. The highest BCUT2D eigenvalue weighted by atomic mass is 16.5. The zero-order chi connectivity index (χ0) is 30.5. The molecule has 4 rings (SSSR count). The molecule has 0 saturated carbocycles. The monoisotopic (exact) mass is 584 g/mol. The molecule has 2 fully saturated rings. The predicted octanol–water partition coefficient (Wildman–Crippen LogP) is -0.435. The topological polar surface area (TPSA) is 218 Å². The molecule has 0 spiro atoms. The fourth-order valence-electron chi connectivity index (χ4n) is 4.56. The van der Waals surface area contributed by atoms with Crippen LogP contribution in [0.3, 0.4) is 0 Å². The molecule has 16 heteroatoms. The minimum atomic E-state index is -1.18. The summed E-state index contributed by atoms with van der Waals surface area (Å²) in [6, 6.07) is 10.6. The Hall–Kier alpha value is -3.85. The van der Waals surface area contributed by atoms with Gasteiger partial charge in [-0.25, -0.2) is 0 Å². The van der Waals surface area contributed by atoms with E-state index in [1.54, 1.807) is 48.8 Å². The molecule has 2 aromatic heterocycles. The number of carboxylic acids is 2. The van der Waals surface area contributed by atoms with Gasteiger partial charge in [-0.15, -0.1) is 0 Å². The summed E-state index contributed by atoms with van der Waals surface area (Å²) in [4.78, 5) is 53.1. The van der Waals surface area contributed by atoms with E-state index in [1.165, 1.54) is 0 Å². The maximum atomic E-state index is 11.9. The Morgan fingerprint density at radius 3 is 1.43 bits per heavy atom. The van der Waals surface area contributed by atoms with Gasteiger partial charge in [-0.2, -0.15) is 0 Å². The van der Waals surface area contributed by atoms with Crippen LogP contribution < -0.4 is 10.6 Å². The summed E-state index contributed by atoms with van der Waals surface area (Å²) in [6.07, 6.45) is 4.08. The lowest BCUT2D eigenvalue weighted by Crippen LogP contribution is -2.53. The number of amides is 2. The average Bonchev–Trinajstić information content (AvgIpc) is 2.93. The summed E-state index contributed by atoms with van der Waals surface area (Å²) in [5.74, 6) is -3.48. The summed E-state index contributed by atoms with van der Waals surface area (Å²) in [5.41, 5.74) is 1.29. The van der Waals surface area contributed by atoms with E-state index in [-0.39, 0.29) is 37.5 Å².